The first-order valence-corrected chi connectivity index (χ1v) is 10.8. The Bertz CT molecular complexity index is 1080. The fraction of sp³-hybridized carbons (Fsp3) is 0.450. The highest BCUT2D eigenvalue weighted by molar-refractivity contribution is 7.98. The van der Waals surface area contributed by atoms with E-state index in [-0.39, 0.29) is 23.5 Å². The summed E-state index contributed by atoms with van der Waals surface area (Å²) in [5.41, 5.74) is 12.1. The average molecular weight is 412 g/mol. The summed E-state index contributed by atoms with van der Waals surface area (Å²) in [6.45, 7) is 4.50. The summed E-state index contributed by atoms with van der Waals surface area (Å²) in [6.07, 6.45) is 3.28. The van der Waals surface area contributed by atoms with Crippen LogP contribution in [0.25, 0.3) is 10.9 Å². The van der Waals surface area contributed by atoms with Crippen LogP contribution in [0.4, 0.5) is 11.9 Å². The molecule has 1 aromatic carbocycles. The van der Waals surface area contributed by atoms with Gasteiger partial charge in [-0.2, -0.15) is 15.0 Å². The quantitative estimate of drug-likeness (QED) is 0.495. The van der Waals surface area contributed by atoms with Gasteiger partial charge in [-0.05, 0) is 30.4 Å². The van der Waals surface area contributed by atoms with Crippen molar-refractivity contribution in [2.24, 2.45) is 11.8 Å². The van der Waals surface area contributed by atoms with Crippen molar-refractivity contribution in [1.29, 1.82) is 0 Å². The third kappa shape index (κ3) is 3.91. The third-order valence-corrected chi connectivity index (χ3v) is 6.77. The van der Waals surface area contributed by atoms with Gasteiger partial charge in [0.25, 0.3) is 5.56 Å². The molecular formula is C20H25N7OS. The molecule has 29 heavy (non-hydrogen) atoms. The number of fused-ring (bicyclic) bond motifs is 1. The largest absolute Gasteiger partial charge is 0.368 e. The molecule has 0 radical (unpaired) electrons. The van der Waals surface area contributed by atoms with Crippen molar-refractivity contribution in [3.63, 3.8) is 0 Å². The molecule has 152 valence electrons. The van der Waals surface area contributed by atoms with Crippen LogP contribution in [0.2, 0.25) is 0 Å². The summed E-state index contributed by atoms with van der Waals surface area (Å²) < 4.78 is 1.89. The lowest BCUT2D eigenvalue weighted by Gasteiger charge is -2.36. The van der Waals surface area contributed by atoms with Crippen molar-refractivity contribution in [3.05, 3.63) is 40.4 Å². The zero-order chi connectivity index (χ0) is 20.5. The van der Waals surface area contributed by atoms with Crippen LogP contribution in [0, 0.1) is 11.8 Å². The van der Waals surface area contributed by atoms with E-state index in [1.807, 2.05) is 28.8 Å². The van der Waals surface area contributed by atoms with Crippen molar-refractivity contribution in [2.75, 3.05) is 11.5 Å². The predicted molar refractivity (Wildman–Crippen MR) is 115 cm³/mol. The molecule has 8 nitrogen and oxygen atoms in total. The predicted octanol–water partition coefficient (Wildman–Crippen LogP) is 3.04. The lowest BCUT2D eigenvalue weighted by molar-refractivity contribution is 0.173. The molecule has 1 aliphatic rings. The van der Waals surface area contributed by atoms with E-state index in [1.165, 1.54) is 18.2 Å². The minimum absolute atomic E-state index is 0.0127. The molecule has 3 atom stereocenters. The van der Waals surface area contributed by atoms with Gasteiger partial charge in [-0.25, -0.2) is 4.98 Å². The normalized spacial score (nSPS) is 22.1. The number of nitrogen functional groups attached to an aromatic ring is 2. The van der Waals surface area contributed by atoms with E-state index in [9.17, 15) is 4.79 Å². The fourth-order valence-electron chi connectivity index (χ4n) is 4.09. The van der Waals surface area contributed by atoms with E-state index in [0.29, 0.717) is 39.5 Å². The van der Waals surface area contributed by atoms with Gasteiger partial charge < -0.3 is 11.5 Å². The molecule has 1 fully saturated rings. The number of nitrogens with zero attached hydrogens (tertiary/aromatic N) is 5. The highest BCUT2D eigenvalue weighted by Crippen LogP contribution is 2.39. The maximum Gasteiger partial charge on any atom is 0.262 e. The van der Waals surface area contributed by atoms with Crippen LogP contribution in [0.15, 0.2) is 34.2 Å². The van der Waals surface area contributed by atoms with Crippen LogP contribution in [0.5, 0.6) is 0 Å². The van der Waals surface area contributed by atoms with Crippen LogP contribution in [-0.4, -0.2) is 24.5 Å². The SMILES string of the molecule is C[C@@H]1[C@H](C)CCC[C@@H]1n1c(SCc2nc(N)nc(N)n2)nc2ccccc2c1=O. The fourth-order valence-corrected chi connectivity index (χ4v) is 5.00. The Hall–Kier alpha value is -2.68. The van der Waals surface area contributed by atoms with E-state index in [1.54, 1.807) is 0 Å². The summed E-state index contributed by atoms with van der Waals surface area (Å²) in [7, 11) is 0. The van der Waals surface area contributed by atoms with Crippen molar-refractivity contribution in [2.45, 2.75) is 50.1 Å². The van der Waals surface area contributed by atoms with Crippen LogP contribution in [0.1, 0.15) is 45.0 Å². The summed E-state index contributed by atoms with van der Waals surface area (Å²) in [5, 5.41) is 1.33. The van der Waals surface area contributed by atoms with Gasteiger partial charge in [0.15, 0.2) is 5.16 Å². The number of thioether (sulfide) groups is 1. The van der Waals surface area contributed by atoms with Gasteiger partial charge in [0, 0.05) is 6.04 Å². The van der Waals surface area contributed by atoms with Gasteiger partial charge >= 0.3 is 0 Å². The molecule has 0 unspecified atom stereocenters. The molecule has 0 saturated heterocycles. The second kappa shape index (κ2) is 7.98. The molecule has 0 amide bonds. The number of para-hydroxylation sites is 1. The number of hydrogen-bond donors (Lipinski definition) is 2. The third-order valence-electron chi connectivity index (χ3n) is 5.82. The van der Waals surface area contributed by atoms with Crippen LogP contribution >= 0.6 is 11.8 Å². The maximum atomic E-state index is 13.4. The molecule has 2 heterocycles. The average Bonchev–Trinajstić information content (AvgIpc) is 2.68. The molecule has 1 aliphatic carbocycles. The summed E-state index contributed by atoms with van der Waals surface area (Å²) >= 11 is 1.43. The molecule has 2 aromatic heterocycles. The number of rotatable bonds is 4. The second-order valence-electron chi connectivity index (χ2n) is 7.68. The Morgan fingerprint density at radius 1 is 1.07 bits per heavy atom. The van der Waals surface area contributed by atoms with Gasteiger partial charge in [0.1, 0.15) is 5.82 Å². The lowest BCUT2D eigenvalue weighted by Crippen LogP contribution is -2.35. The van der Waals surface area contributed by atoms with Crippen LogP contribution < -0.4 is 17.0 Å². The van der Waals surface area contributed by atoms with E-state index in [4.69, 9.17) is 16.5 Å². The number of nitrogens with two attached hydrogens (primary N) is 2. The highest BCUT2D eigenvalue weighted by Gasteiger charge is 2.31. The van der Waals surface area contributed by atoms with Gasteiger partial charge in [-0.15, -0.1) is 0 Å². The topological polar surface area (TPSA) is 126 Å². The number of hydrogen-bond acceptors (Lipinski definition) is 8. The first kappa shape index (κ1) is 19.6. The summed E-state index contributed by atoms with van der Waals surface area (Å²) in [6, 6.07) is 7.62. The monoisotopic (exact) mass is 411 g/mol. The standard InChI is InChI=1S/C20H25N7OS/c1-11-6-5-9-15(12(11)2)27-17(28)13-7-3-4-8-14(13)23-20(27)29-10-16-24-18(21)26-19(22)25-16/h3-4,7-8,11-12,15H,5-6,9-10H2,1-2H3,(H4,21,22,24,25,26)/t11-,12-,15+/m1/s1. The van der Waals surface area contributed by atoms with Gasteiger partial charge in [0.2, 0.25) is 11.9 Å². The van der Waals surface area contributed by atoms with E-state index < -0.39 is 0 Å². The van der Waals surface area contributed by atoms with Crippen molar-refractivity contribution < 1.29 is 0 Å². The first-order valence-electron chi connectivity index (χ1n) is 9.84. The highest BCUT2D eigenvalue weighted by atomic mass is 32.2. The Balaban J connectivity index is 1.78. The van der Waals surface area contributed by atoms with Gasteiger partial charge in [-0.3, -0.25) is 9.36 Å². The van der Waals surface area contributed by atoms with Crippen molar-refractivity contribution in [3.8, 4) is 0 Å². The van der Waals surface area contributed by atoms with Crippen LogP contribution in [0.3, 0.4) is 0 Å². The number of aromatic nitrogens is 5. The molecule has 4 rings (SSSR count). The van der Waals surface area contributed by atoms with E-state index >= 15 is 0 Å². The zero-order valence-electron chi connectivity index (χ0n) is 16.6. The maximum absolute atomic E-state index is 13.4. The molecule has 4 N–H and O–H groups in total. The smallest absolute Gasteiger partial charge is 0.262 e. The molecule has 0 spiro atoms. The Labute approximate surface area is 173 Å². The van der Waals surface area contributed by atoms with Crippen molar-refractivity contribution in [1.82, 2.24) is 24.5 Å². The molecule has 0 aliphatic heterocycles. The molecule has 9 heteroatoms. The summed E-state index contributed by atoms with van der Waals surface area (Å²) in [4.78, 5) is 30.4. The lowest BCUT2D eigenvalue weighted by atomic mass is 9.78. The molecule has 3 aromatic rings. The minimum atomic E-state index is 0.0127. The second-order valence-corrected chi connectivity index (χ2v) is 8.62. The Morgan fingerprint density at radius 2 is 1.79 bits per heavy atom. The Morgan fingerprint density at radius 3 is 2.55 bits per heavy atom. The summed E-state index contributed by atoms with van der Waals surface area (Å²) in [5.74, 6) is 2.01. The number of benzene rings is 1. The van der Waals surface area contributed by atoms with Gasteiger partial charge in [-0.1, -0.05) is 50.6 Å². The van der Waals surface area contributed by atoms with E-state index in [2.05, 4.69) is 28.8 Å². The van der Waals surface area contributed by atoms with E-state index in [0.717, 1.165) is 12.8 Å². The van der Waals surface area contributed by atoms with Crippen molar-refractivity contribution >= 4 is 34.6 Å². The van der Waals surface area contributed by atoms with Crippen LogP contribution in [-0.2, 0) is 5.75 Å². The van der Waals surface area contributed by atoms with Gasteiger partial charge in [0.05, 0.1) is 16.7 Å². The molecule has 0 bridgehead atoms. The Kier molecular flexibility index (Phi) is 5.40. The molecular weight excluding hydrogens is 386 g/mol. The first-order chi connectivity index (χ1) is 13.9. The minimum Gasteiger partial charge on any atom is -0.368 e. The number of anilines is 2. The zero-order valence-corrected chi connectivity index (χ0v) is 17.4. The molecule has 1 saturated carbocycles.